The van der Waals surface area contributed by atoms with E-state index in [1.165, 1.54) is 44.1 Å². The second-order valence-electron chi connectivity index (χ2n) is 15.3. The van der Waals surface area contributed by atoms with Crippen molar-refractivity contribution >= 4 is 43.9 Å². The monoisotopic (exact) mass is 626 g/mol. The molecule has 48 heavy (non-hydrogen) atoms. The van der Waals surface area contributed by atoms with Crippen molar-refractivity contribution in [2.45, 2.75) is 66.2 Å². The Labute approximate surface area is 282 Å². The van der Waals surface area contributed by atoms with E-state index in [4.69, 9.17) is 9.97 Å². The molecule has 0 aliphatic heterocycles. The Bertz CT molecular complexity index is 2370. The van der Waals surface area contributed by atoms with Crippen LogP contribution in [0.3, 0.4) is 0 Å². The Balaban J connectivity index is 1.22. The molecule has 0 amide bonds. The fraction of sp³-hybridized carbons (Fsp3) is 0.227. The minimum absolute atomic E-state index is 0.0166. The smallest absolute Gasteiger partial charge is 0.0967 e. The highest BCUT2D eigenvalue weighted by Crippen LogP contribution is 2.37. The van der Waals surface area contributed by atoms with Crippen molar-refractivity contribution in [1.29, 1.82) is 0 Å². The molecular weight excluding hydrogens is 585 g/mol. The molecule has 0 N–H and O–H groups in total. The lowest BCUT2D eigenvalue weighted by Crippen LogP contribution is -2.13. The van der Waals surface area contributed by atoms with Crippen LogP contribution in [0, 0.1) is 13.8 Å². The summed E-state index contributed by atoms with van der Waals surface area (Å²) in [6, 6.07) is 39.8. The Morgan fingerprint density at radius 1 is 0.438 bits per heavy atom. The van der Waals surface area contributed by atoms with E-state index in [0.717, 1.165) is 44.8 Å². The van der Waals surface area contributed by atoms with E-state index in [2.05, 4.69) is 174 Å². The number of para-hydroxylation sites is 2. The Morgan fingerprint density at radius 3 is 1.21 bits per heavy atom. The van der Waals surface area contributed by atoms with Gasteiger partial charge in [-0.3, -0.25) is 0 Å². The van der Waals surface area contributed by atoms with Crippen molar-refractivity contribution in [3.05, 3.63) is 132 Å². The molecule has 0 bridgehead atoms. The molecule has 0 saturated carbocycles. The van der Waals surface area contributed by atoms with Gasteiger partial charge in [-0.15, -0.1) is 0 Å². The molecule has 8 rings (SSSR count). The minimum Gasteiger partial charge on any atom is -0.308 e. The normalized spacial score (nSPS) is 12.6. The maximum atomic E-state index is 5.18. The first kappa shape index (κ1) is 30.1. The molecule has 4 nitrogen and oxygen atoms in total. The van der Waals surface area contributed by atoms with Gasteiger partial charge in [-0.25, -0.2) is 9.97 Å². The zero-order chi connectivity index (χ0) is 33.5. The van der Waals surface area contributed by atoms with Crippen molar-refractivity contribution in [2.24, 2.45) is 0 Å². The van der Waals surface area contributed by atoms with Gasteiger partial charge in [-0.1, -0.05) is 90.1 Å². The number of fused-ring (bicyclic) bond motifs is 6. The summed E-state index contributed by atoms with van der Waals surface area (Å²) in [6.45, 7) is 17.8. The van der Waals surface area contributed by atoms with Crippen molar-refractivity contribution < 1.29 is 0 Å². The molecule has 4 aromatic carbocycles. The van der Waals surface area contributed by atoms with Crippen LogP contribution >= 0.6 is 0 Å². The lowest BCUT2D eigenvalue weighted by Gasteiger charge is -2.18. The van der Waals surface area contributed by atoms with E-state index in [1.54, 1.807) is 0 Å². The molecule has 4 heteroatoms. The van der Waals surface area contributed by atoms with Gasteiger partial charge in [-0.2, -0.15) is 0 Å². The Morgan fingerprint density at radius 2 is 0.833 bits per heavy atom. The number of hydrogen-bond acceptors (Lipinski definition) is 2. The van der Waals surface area contributed by atoms with Gasteiger partial charge in [0.1, 0.15) is 0 Å². The molecule has 238 valence electrons. The van der Waals surface area contributed by atoms with Crippen LogP contribution in [0.15, 0.2) is 109 Å². The van der Waals surface area contributed by atoms with E-state index in [0.29, 0.717) is 0 Å². The Kier molecular flexibility index (Phi) is 6.68. The molecule has 0 saturated heterocycles. The van der Waals surface area contributed by atoms with E-state index in [9.17, 15) is 0 Å². The fourth-order valence-electron chi connectivity index (χ4n) is 7.23. The summed E-state index contributed by atoms with van der Waals surface area (Å²) in [5.74, 6) is 0. The number of aryl methyl sites for hydroxylation is 2. The number of rotatable bonds is 3. The zero-order valence-electron chi connectivity index (χ0n) is 29.2. The van der Waals surface area contributed by atoms with Crippen molar-refractivity contribution in [2.75, 3.05) is 0 Å². The van der Waals surface area contributed by atoms with Crippen LogP contribution in [0.1, 0.15) is 64.1 Å². The van der Waals surface area contributed by atoms with Gasteiger partial charge < -0.3 is 9.13 Å². The minimum atomic E-state index is -0.0166. The molecule has 0 spiro atoms. The zero-order valence-corrected chi connectivity index (χ0v) is 29.2. The van der Waals surface area contributed by atoms with Gasteiger partial charge >= 0.3 is 0 Å². The quantitative estimate of drug-likeness (QED) is 0.196. The lowest BCUT2D eigenvalue weighted by atomic mass is 9.91. The SMILES string of the molecule is Cc1cc(-n2c3ccccc3c3nc(C(C)(C)C)ccc32)ccc1-c1ccc(-n2c3ccccc3c3nc(C(C)(C)C)ccc32)cc1C. The number of nitrogens with zero attached hydrogens (tertiary/aromatic N) is 4. The largest absolute Gasteiger partial charge is 0.308 e. The second kappa shape index (κ2) is 10.6. The summed E-state index contributed by atoms with van der Waals surface area (Å²) < 4.78 is 4.72. The van der Waals surface area contributed by atoms with E-state index < -0.39 is 0 Å². The van der Waals surface area contributed by atoms with Crippen LogP contribution in [0.25, 0.3) is 66.4 Å². The van der Waals surface area contributed by atoms with Gasteiger partial charge in [0.05, 0.1) is 33.1 Å². The first-order valence-corrected chi connectivity index (χ1v) is 16.9. The van der Waals surface area contributed by atoms with Crippen LogP contribution in [0.5, 0.6) is 0 Å². The highest BCUT2D eigenvalue weighted by molar-refractivity contribution is 6.08. The third kappa shape index (κ3) is 4.73. The number of benzene rings is 4. The molecular formula is C44H42N4. The molecule has 0 unspecified atom stereocenters. The highest BCUT2D eigenvalue weighted by atomic mass is 15.0. The van der Waals surface area contributed by atoms with Gasteiger partial charge in [-0.05, 0) is 96.8 Å². The molecule has 0 atom stereocenters. The van der Waals surface area contributed by atoms with Crippen LogP contribution in [0.2, 0.25) is 0 Å². The van der Waals surface area contributed by atoms with Crippen molar-refractivity contribution in [3.8, 4) is 22.5 Å². The molecule has 0 aliphatic carbocycles. The average molecular weight is 627 g/mol. The molecule has 0 aliphatic rings. The van der Waals surface area contributed by atoms with E-state index in [1.807, 2.05) is 0 Å². The number of pyridine rings is 2. The first-order chi connectivity index (χ1) is 22.9. The maximum absolute atomic E-state index is 5.18. The lowest BCUT2D eigenvalue weighted by molar-refractivity contribution is 0.571. The van der Waals surface area contributed by atoms with Crippen LogP contribution in [-0.2, 0) is 10.8 Å². The topological polar surface area (TPSA) is 35.6 Å². The second-order valence-corrected chi connectivity index (χ2v) is 15.3. The summed E-state index contributed by atoms with van der Waals surface area (Å²) >= 11 is 0. The third-order valence-corrected chi connectivity index (χ3v) is 9.79. The van der Waals surface area contributed by atoms with Crippen LogP contribution in [0.4, 0.5) is 0 Å². The average Bonchev–Trinajstić information content (AvgIpc) is 3.56. The predicted molar refractivity (Wildman–Crippen MR) is 203 cm³/mol. The van der Waals surface area contributed by atoms with Crippen LogP contribution in [-0.4, -0.2) is 19.1 Å². The van der Waals surface area contributed by atoms with Gasteiger partial charge in [0, 0.05) is 44.4 Å². The molecule has 4 heterocycles. The van der Waals surface area contributed by atoms with Gasteiger partial charge in [0.25, 0.3) is 0 Å². The van der Waals surface area contributed by atoms with Crippen LogP contribution < -0.4 is 0 Å². The standard InChI is InChI=1S/C44H42N4/c1-27-25-29(47-35-15-11-9-13-33(35)41-37(47)21-23-39(45-41)43(3,4)5)17-19-31(27)32-20-18-30(26-28(32)2)48-36-16-12-10-14-34(36)42-38(48)22-24-40(46-42)44(6,7)8/h9-26H,1-8H3. The van der Waals surface area contributed by atoms with E-state index >= 15 is 0 Å². The summed E-state index contributed by atoms with van der Waals surface area (Å²) in [5.41, 5.74) is 16.2. The molecule has 8 aromatic rings. The first-order valence-electron chi connectivity index (χ1n) is 16.9. The number of aromatic nitrogens is 4. The van der Waals surface area contributed by atoms with Gasteiger partial charge in [0.15, 0.2) is 0 Å². The summed E-state index contributed by atoms with van der Waals surface area (Å²) in [5, 5.41) is 2.36. The summed E-state index contributed by atoms with van der Waals surface area (Å²) in [7, 11) is 0. The predicted octanol–water partition coefficient (Wildman–Crippen LogP) is 11.5. The summed E-state index contributed by atoms with van der Waals surface area (Å²) in [4.78, 5) is 10.4. The number of hydrogen-bond donors (Lipinski definition) is 0. The highest BCUT2D eigenvalue weighted by Gasteiger charge is 2.22. The molecule has 4 aromatic heterocycles. The van der Waals surface area contributed by atoms with Crippen molar-refractivity contribution in [1.82, 2.24) is 19.1 Å². The van der Waals surface area contributed by atoms with Crippen molar-refractivity contribution in [3.63, 3.8) is 0 Å². The van der Waals surface area contributed by atoms with Gasteiger partial charge in [0.2, 0.25) is 0 Å². The van der Waals surface area contributed by atoms with E-state index in [-0.39, 0.29) is 10.8 Å². The third-order valence-electron chi connectivity index (χ3n) is 9.79. The fourth-order valence-corrected chi connectivity index (χ4v) is 7.23. The molecule has 0 fully saturated rings. The maximum Gasteiger partial charge on any atom is 0.0967 e. The molecule has 0 radical (unpaired) electrons. The Hall–Kier alpha value is -5.22. The summed E-state index contributed by atoms with van der Waals surface area (Å²) in [6.07, 6.45) is 0.